The molecule has 1 N–H and O–H groups in total. The molecule has 0 aliphatic carbocycles. The highest BCUT2D eigenvalue weighted by Gasteiger charge is 2.14. The molecule has 0 aliphatic rings. The van der Waals surface area contributed by atoms with Crippen LogP contribution in [-0.4, -0.2) is 15.0 Å². The first kappa shape index (κ1) is 16.7. The van der Waals surface area contributed by atoms with Crippen LogP contribution in [0.4, 0.5) is 4.39 Å². The van der Waals surface area contributed by atoms with E-state index in [1.807, 2.05) is 6.92 Å². The molecule has 118 valence electrons. The molecule has 0 heterocycles. The van der Waals surface area contributed by atoms with Crippen molar-refractivity contribution >= 4 is 21.6 Å². The van der Waals surface area contributed by atoms with Gasteiger partial charge in [-0.05, 0) is 48.9 Å². The van der Waals surface area contributed by atoms with Crippen molar-refractivity contribution in [1.29, 1.82) is 0 Å². The van der Waals surface area contributed by atoms with Gasteiger partial charge in [0.1, 0.15) is 11.6 Å². The van der Waals surface area contributed by atoms with E-state index in [4.69, 9.17) is 16.3 Å². The van der Waals surface area contributed by atoms with Gasteiger partial charge in [0.2, 0.25) is 10.0 Å². The molecule has 0 aliphatic heterocycles. The van der Waals surface area contributed by atoms with E-state index in [-0.39, 0.29) is 16.5 Å². The van der Waals surface area contributed by atoms with Gasteiger partial charge < -0.3 is 4.74 Å². The lowest BCUT2D eigenvalue weighted by Crippen LogP contribution is -2.23. The van der Waals surface area contributed by atoms with Crippen LogP contribution in [0.25, 0.3) is 0 Å². The van der Waals surface area contributed by atoms with Crippen LogP contribution < -0.4 is 9.46 Å². The molecule has 0 atom stereocenters. The fourth-order valence-electron chi connectivity index (χ4n) is 1.79. The molecule has 0 fully saturated rings. The third kappa shape index (κ3) is 4.19. The van der Waals surface area contributed by atoms with Crippen LogP contribution in [0.3, 0.4) is 0 Å². The van der Waals surface area contributed by atoms with Gasteiger partial charge in [0.05, 0.1) is 16.5 Å². The molecule has 0 radical (unpaired) electrons. The SMILES string of the molecule is CCOc1ccc(S(=O)(=O)NCc2ccc(F)c(Cl)c2)cc1. The van der Waals surface area contributed by atoms with Crippen LogP contribution in [0.2, 0.25) is 5.02 Å². The largest absolute Gasteiger partial charge is 0.494 e. The second-order valence-electron chi connectivity index (χ2n) is 4.48. The van der Waals surface area contributed by atoms with Crippen molar-refractivity contribution in [2.24, 2.45) is 0 Å². The molecule has 22 heavy (non-hydrogen) atoms. The first-order chi connectivity index (χ1) is 10.4. The van der Waals surface area contributed by atoms with Gasteiger partial charge >= 0.3 is 0 Å². The summed E-state index contributed by atoms with van der Waals surface area (Å²) in [6.45, 7) is 2.38. The average molecular weight is 344 g/mol. The standard InChI is InChI=1S/C15H15ClFNO3S/c1-2-21-12-4-6-13(7-5-12)22(19,20)18-10-11-3-8-15(17)14(16)9-11/h3-9,18H,2,10H2,1H3. The zero-order valence-electron chi connectivity index (χ0n) is 11.8. The fourth-order valence-corrected chi connectivity index (χ4v) is 3.01. The Hall–Kier alpha value is -1.63. The van der Waals surface area contributed by atoms with Gasteiger partial charge in [0.25, 0.3) is 0 Å². The summed E-state index contributed by atoms with van der Waals surface area (Å²) in [4.78, 5) is 0.129. The Morgan fingerprint density at radius 1 is 1.18 bits per heavy atom. The molecule has 2 aromatic rings. The Kier molecular flexibility index (Phi) is 5.39. The molecule has 4 nitrogen and oxygen atoms in total. The number of rotatable bonds is 6. The van der Waals surface area contributed by atoms with Gasteiger partial charge in [-0.2, -0.15) is 0 Å². The molecule has 0 saturated carbocycles. The number of halogens is 2. The van der Waals surface area contributed by atoms with Crippen LogP contribution in [0.5, 0.6) is 5.75 Å². The maximum Gasteiger partial charge on any atom is 0.240 e. The summed E-state index contributed by atoms with van der Waals surface area (Å²) in [6.07, 6.45) is 0. The zero-order chi connectivity index (χ0) is 16.2. The number of nitrogens with one attached hydrogen (secondary N) is 1. The number of sulfonamides is 1. The molecule has 0 amide bonds. The molecular weight excluding hydrogens is 329 g/mol. The summed E-state index contributed by atoms with van der Waals surface area (Å²) in [7, 11) is -3.66. The van der Waals surface area contributed by atoms with E-state index in [2.05, 4.69) is 4.72 Å². The van der Waals surface area contributed by atoms with E-state index in [1.165, 1.54) is 30.3 Å². The zero-order valence-corrected chi connectivity index (χ0v) is 13.4. The first-order valence-electron chi connectivity index (χ1n) is 6.59. The number of hydrogen-bond acceptors (Lipinski definition) is 3. The molecular formula is C15H15ClFNO3S. The van der Waals surface area contributed by atoms with Gasteiger partial charge in [-0.25, -0.2) is 17.5 Å². The molecule has 0 bridgehead atoms. The van der Waals surface area contributed by atoms with Crippen molar-refractivity contribution in [3.63, 3.8) is 0 Å². The fraction of sp³-hybridized carbons (Fsp3) is 0.200. The molecule has 0 aromatic heterocycles. The van der Waals surface area contributed by atoms with Gasteiger partial charge in [-0.1, -0.05) is 17.7 Å². The van der Waals surface area contributed by atoms with Crippen molar-refractivity contribution in [3.05, 3.63) is 58.9 Å². The predicted molar refractivity (Wildman–Crippen MR) is 83.0 cm³/mol. The molecule has 0 unspecified atom stereocenters. The van der Waals surface area contributed by atoms with Crippen molar-refractivity contribution in [3.8, 4) is 5.75 Å². The van der Waals surface area contributed by atoms with Gasteiger partial charge in [0.15, 0.2) is 0 Å². The smallest absolute Gasteiger partial charge is 0.240 e. The summed E-state index contributed by atoms with van der Waals surface area (Å²) in [5.41, 5.74) is 0.570. The van der Waals surface area contributed by atoms with Crippen molar-refractivity contribution in [1.82, 2.24) is 4.72 Å². The van der Waals surface area contributed by atoms with Gasteiger partial charge in [-0.3, -0.25) is 0 Å². The lowest BCUT2D eigenvalue weighted by atomic mass is 10.2. The number of ether oxygens (including phenoxy) is 1. The Morgan fingerprint density at radius 2 is 1.86 bits per heavy atom. The topological polar surface area (TPSA) is 55.4 Å². The number of hydrogen-bond donors (Lipinski definition) is 1. The average Bonchev–Trinajstić information content (AvgIpc) is 2.49. The molecule has 0 saturated heterocycles. The Bertz CT molecular complexity index is 748. The van der Waals surface area contributed by atoms with Crippen LogP contribution in [-0.2, 0) is 16.6 Å². The predicted octanol–water partition coefficient (Wildman–Crippen LogP) is 3.36. The minimum atomic E-state index is -3.66. The van der Waals surface area contributed by atoms with Crippen LogP contribution in [0, 0.1) is 5.82 Å². The second kappa shape index (κ2) is 7.09. The Balaban J connectivity index is 2.08. The third-order valence-corrected chi connectivity index (χ3v) is 4.60. The Morgan fingerprint density at radius 3 is 2.45 bits per heavy atom. The van der Waals surface area contributed by atoms with Gasteiger partial charge in [-0.15, -0.1) is 0 Å². The van der Waals surface area contributed by atoms with Crippen LogP contribution in [0.1, 0.15) is 12.5 Å². The highest BCUT2D eigenvalue weighted by molar-refractivity contribution is 7.89. The van der Waals surface area contributed by atoms with Crippen LogP contribution in [0.15, 0.2) is 47.4 Å². The summed E-state index contributed by atoms with van der Waals surface area (Å²) in [6, 6.07) is 10.2. The van der Waals surface area contributed by atoms with Crippen molar-refractivity contribution < 1.29 is 17.5 Å². The number of benzene rings is 2. The van der Waals surface area contributed by atoms with E-state index in [0.717, 1.165) is 0 Å². The van der Waals surface area contributed by atoms with E-state index in [9.17, 15) is 12.8 Å². The normalized spacial score (nSPS) is 11.4. The molecule has 0 spiro atoms. The second-order valence-corrected chi connectivity index (χ2v) is 6.65. The summed E-state index contributed by atoms with van der Waals surface area (Å²) in [5.74, 6) is 0.0616. The first-order valence-corrected chi connectivity index (χ1v) is 8.45. The molecule has 2 aromatic carbocycles. The van der Waals surface area contributed by atoms with E-state index in [0.29, 0.717) is 17.9 Å². The quantitative estimate of drug-likeness (QED) is 0.875. The highest BCUT2D eigenvalue weighted by atomic mass is 35.5. The van der Waals surface area contributed by atoms with Crippen LogP contribution >= 0.6 is 11.6 Å². The molecule has 7 heteroatoms. The molecule has 2 rings (SSSR count). The third-order valence-electron chi connectivity index (χ3n) is 2.90. The van der Waals surface area contributed by atoms with E-state index < -0.39 is 15.8 Å². The monoisotopic (exact) mass is 343 g/mol. The minimum Gasteiger partial charge on any atom is -0.494 e. The van der Waals surface area contributed by atoms with Gasteiger partial charge in [0, 0.05) is 6.54 Å². The maximum atomic E-state index is 13.1. The minimum absolute atomic E-state index is 0.0234. The Labute approximate surface area is 133 Å². The van der Waals surface area contributed by atoms with Crippen molar-refractivity contribution in [2.75, 3.05) is 6.61 Å². The van der Waals surface area contributed by atoms with E-state index in [1.54, 1.807) is 12.1 Å². The van der Waals surface area contributed by atoms with E-state index >= 15 is 0 Å². The lowest BCUT2D eigenvalue weighted by molar-refractivity contribution is 0.340. The highest BCUT2D eigenvalue weighted by Crippen LogP contribution is 2.18. The summed E-state index contributed by atoms with van der Waals surface area (Å²) < 4.78 is 45.1. The van der Waals surface area contributed by atoms with Crippen molar-refractivity contribution in [2.45, 2.75) is 18.4 Å². The maximum absolute atomic E-state index is 13.1. The lowest BCUT2D eigenvalue weighted by Gasteiger charge is -2.08. The summed E-state index contributed by atoms with van der Waals surface area (Å²) >= 11 is 5.66. The summed E-state index contributed by atoms with van der Waals surface area (Å²) in [5, 5.41) is -0.0437.